The minimum atomic E-state index is -0.322. The second-order valence-electron chi connectivity index (χ2n) is 6.82. The number of amides is 2. The van der Waals surface area contributed by atoms with Crippen molar-refractivity contribution in [1.29, 1.82) is 0 Å². The van der Waals surface area contributed by atoms with Crippen molar-refractivity contribution in [2.24, 2.45) is 0 Å². The lowest BCUT2D eigenvalue weighted by atomic mass is 10.1. The van der Waals surface area contributed by atoms with Crippen LogP contribution in [-0.2, 0) is 4.74 Å². The SMILES string of the molecule is CC(NC(=O)Nc1cc2[nH]nc(OCC3CCCO3)c2cn1)c1ccccc1. The average Bonchev–Trinajstić information content (AvgIpc) is 3.36. The van der Waals surface area contributed by atoms with Crippen molar-refractivity contribution in [3.8, 4) is 5.88 Å². The van der Waals surface area contributed by atoms with Gasteiger partial charge in [0.2, 0.25) is 5.88 Å². The van der Waals surface area contributed by atoms with Crippen LogP contribution in [0.15, 0.2) is 42.6 Å². The fraction of sp³-hybridized carbons (Fsp3) is 0.350. The third-order valence-electron chi connectivity index (χ3n) is 4.73. The second kappa shape index (κ2) is 8.26. The molecule has 2 unspecified atom stereocenters. The summed E-state index contributed by atoms with van der Waals surface area (Å²) in [4.78, 5) is 16.6. The number of urea groups is 1. The maximum Gasteiger partial charge on any atom is 0.320 e. The minimum absolute atomic E-state index is 0.116. The molecule has 1 aliphatic heterocycles. The van der Waals surface area contributed by atoms with Crippen molar-refractivity contribution < 1.29 is 14.3 Å². The van der Waals surface area contributed by atoms with Crippen LogP contribution in [0.5, 0.6) is 5.88 Å². The van der Waals surface area contributed by atoms with Gasteiger partial charge in [-0.2, -0.15) is 0 Å². The number of H-pyrrole nitrogens is 1. The molecule has 1 aromatic carbocycles. The molecule has 2 atom stereocenters. The zero-order valence-corrected chi connectivity index (χ0v) is 15.6. The molecule has 1 saturated heterocycles. The van der Waals surface area contributed by atoms with E-state index in [1.54, 1.807) is 12.3 Å². The van der Waals surface area contributed by atoms with Crippen molar-refractivity contribution in [3.05, 3.63) is 48.2 Å². The van der Waals surface area contributed by atoms with E-state index in [2.05, 4.69) is 25.8 Å². The minimum Gasteiger partial charge on any atom is -0.473 e. The zero-order chi connectivity index (χ0) is 19.3. The first-order chi connectivity index (χ1) is 13.7. The Kier molecular flexibility index (Phi) is 5.38. The van der Waals surface area contributed by atoms with Crippen molar-refractivity contribution in [2.75, 3.05) is 18.5 Å². The largest absolute Gasteiger partial charge is 0.473 e. The van der Waals surface area contributed by atoms with Gasteiger partial charge in [-0.3, -0.25) is 10.4 Å². The Morgan fingerprint density at radius 1 is 1.39 bits per heavy atom. The van der Waals surface area contributed by atoms with Gasteiger partial charge < -0.3 is 14.8 Å². The molecule has 0 aliphatic carbocycles. The van der Waals surface area contributed by atoms with Crippen LogP contribution in [0.25, 0.3) is 10.9 Å². The molecule has 2 aromatic heterocycles. The highest BCUT2D eigenvalue weighted by Crippen LogP contribution is 2.24. The standard InChI is InChI=1S/C20H23N5O3/c1-13(14-6-3-2-4-7-14)22-20(26)23-18-10-17-16(11-21-18)19(25-24-17)28-12-15-8-5-9-27-15/h2-4,6-7,10-11,13,15H,5,8-9,12H2,1H3,(H,24,25)(H2,21,22,23,26). The predicted molar refractivity (Wildman–Crippen MR) is 105 cm³/mol. The number of hydrogen-bond donors (Lipinski definition) is 3. The number of aromatic amines is 1. The molecular formula is C20H23N5O3. The maximum absolute atomic E-state index is 12.3. The van der Waals surface area contributed by atoms with E-state index in [4.69, 9.17) is 9.47 Å². The number of fused-ring (bicyclic) bond motifs is 1. The number of rotatable bonds is 6. The summed E-state index contributed by atoms with van der Waals surface area (Å²) in [7, 11) is 0. The Hall–Kier alpha value is -3.13. The summed E-state index contributed by atoms with van der Waals surface area (Å²) in [5.74, 6) is 0.922. The zero-order valence-electron chi connectivity index (χ0n) is 15.6. The first kappa shape index (κ1) is 18.2. The Bertz CT molecular complexity index is 937. The molecule has 2 amide bonds. The van der Waals surface area contributed by atoms with Crippen LogP contribution in [0.4, 0.5) is 10.6 Å². The molecule has 0 spiro atoms. The molecule has 8 nitrogen and oxygen atoms in total. The van der Waals surface area contributed by atoms with Gasteiger partial charge in [-0.15, -0.1) is 5.10 Å². The number of aromatic nitrogens is 3. The highest BCUT2D eigenvalue weighted by atomic mass is 16.5. The van der Waals surface area contributed by atoms with Gasteiger partial charge >= 0.3 is 6.03 Å². The summed E-state index contributed by atoms with van der Waals surface area (Å²) >= 11 is 0. The monoisotopic (exact) mass is 381 g/mol. The Labute approximate surface area is 162 Å². The number of anilines is 1. The molecule has 0 radical (unpaired) electrons. The van der Waals surface area contributed by atoms with E-state index in [0.717, 1.165) is 35.9 Å². The number of pyridine rings is 1. The van der Waals surface area contributed by atoms with E-state index >= 15 is 0 Å². The predicted octanol–water partition coefficient (Wildman–Crippen LogP) is 3.40. The van der Waals surface area contributed by atoms with E-state index in [9.17, 15) is 4.79 Å². The van der Waals surface area contributed by atoms with Crippen molar-refractivity contribution >= 4 is 22.8 Å². The highest BCUT2D eigenvalue weighted by molar-refractivity contribution is 5.92. The van der Waals surface area contributed by atoms with Crippen LogP contribution >= 0.6 is 0 Å². The van der Waals surface area contributed by atoms with Crippen LogP contribution in [0, 0.1) is 0 Å². The van der Waals surface area contributed by atoms with Gasteiger partial charge in [0.25, 0.3) is 0 Å². The van der Waals surface area contributed by atoms with Crippen LogP contribution in [0.3, 0.4) is 0 Å². The molecule has 1 fully saturated rings. The summed E-state index contributed by atoms with van der Waals surface area (Å²) < 4.78 is 11.3. The summed E-state index contributed by atoms with van der Waals surface area (Å²) in [5, 5.41) is 13.5. The van der Waals surface area contributed by atoms with E-state index < -0.39 is 0 Å². The molecule has 0 saturated carbocycles. The number of benzene rings is 1. The molecule has 3 heterocycles. The van der Waals surface area contributed by atoms with Crippen LogP contribution in [-0.4, -0.2) is 40.5 Å². The number of carbonyl (C=O) groups is 1. The third kappa shape index (κ3) is 4.23. The average molecular weight is 381 g/mol. The fourth-order valence-corrected chi connectivity index (χ4v) is 3.19. The summed E-state index contributed by atoms with van der Waals surface area (Å²) in [6.07, 6.45) is 3.83. The number of carbonyl (C=O) groups excluding carboxylic acids is 1. The molecule has 28 heavy (non-hydrogen) atoms. The van der Waals surface area contributed by atoms with Crippen LogP contribution in [0.1, 0.15) is 31.4 Å². The summed E-state index contributed by atoms with van der Waals surface area (Å²) in [5.41, 5.74) is 1.77. The van der Waals surface area contributed by atoms with Gasteiger partial charge in [-0.1, -0.05) is 30.3 Å². The molecule has 3 N–H and O–H groups in total. The first-order valence-corrected chi connectivity index (χ1v) is 9.40. The molecular weight excluding hydrogens is 358 g/mol. The van der Waals surface area contributed by atoms with Gasteiger partial charge in [0.1, 0.15) is 12.4 Å². The molecule has 0 bridgehead atoms. The summed E-state index contributed by atoms with van der Waals surface area (Å²) in [6.45, 7) is 3.19. The lowest BCUT2D eigenvalue weighted by Gasteiger charge is -2.14. The molecule has 8 heteroatoms. The maximum atomic E-state index is 12.3. The van der Waals surface area contributed by atoms with Crippen molar-refractivity contribution in [1.82, 2.24) is 20.5 Å². The fourth-order valence-electron chi connectivity index (χ4n) is 3.19. The Morgan fingerprint density at radius 3 is 3.04 bits per heavy atom. The van der Waals surface area contributed by atoms with E-state index in [-0.39, 0.29) is 18.2 Å². The van der Waals surface area contributed by atoms with E-state index in [0.29, 0.717) is 18.3 Å². The van der Waals surface area contributed by atoms with Gasteiger partial charge in [-0.05, 0) is 25.3 Å². The molecule has 3 aromatic rings. The van der Waals surface area contributed by atoms with E-state index in [1.807, 2.05) is 37.3 Å². The van der Waals surface area contributed by atoms with Gasteiger partial charge in [0.05, 0.1) is 23.0 Å². The number of nitrogens with one attached hydrogen (secondary N) is 3. The lowest BCUT2D eigenvalue weighted by Crippen LogP contribution is -2.31. The number of ether oxygens (including phenoxy) is 2. The van der Waals surface area contributed by atoms with Gasteiger partial charge in [0.15, 0.2) is 0 Å². The topological polar surface area (TPSA) is 101 Å². The van der Waals surface area contributed by atoms with Gasteiger partial charge in [-0.25, -0.2) is 9.78 Å². The molecule has 1 aliphatic rings. The van der Waals surface area contributed by atoms with E-state index in [1.165, 1.54) is 0 Å². The highest BCUT2D eigenvalue weighted by Gasteiger charge is 2.18. The molecule has 146 valence electrons. The van der Waals surface area contributed by atoms with Crippen molar-refractivity contribution in [3.63, 3.8) is 0 Å². The Morgan fingerprint density at radius 2 is 2.25 bits per heavy atom. The number of hydrogen-bond acceptors (Lipinski definition) is 5. The smallest absolute Gasteiger partial charge is 0.320 e. The normalized spacial score (nSPS) is 17.4. The van der Waals surface area contributed by atoms with Crippen LogP contribution < -0.4 is 15.4 Å². The number of nitrogens with zero attached hydrogens (tertiary/aromatic N) is 2. The summed E-state index contributed by atoms with van der Waals surface area (Å²) in [6, 6.07) is 11.1. The lowest BCUT2D eigenvalue weighted by molar-refractivity contribution is 0.0668. The second-order valence-corrected chi connectivity index (χ2v) is 6.82. The van der Waals surface area contributed by atoms with Crippen LogP contribution in [0.2, 0.25) is 0 Å². The quantitative estimate of drug-likeness (QED) is 0.607. The first-order valence-electron chi connectivity index (χ1n) is 9.40. The van der Waals surface area contributed by atoms with Crippen molar-refractivity contribution in [2.45, 2.75) is 31.9 Å². The molecule has 4 rings (SSSR count). The third-order valence-corrected chi connectivity index (χ3v) is 4.73. The van der Waals surface area contributed by atoms with Gasteiger partial charge in [0, 0.05) is 18.9 Å². The Balaban J connectivity index is 1.37.